The fraction of sp³-hybridized carbons (Fsp3) is 1.00. The molecule has 9 heteroatoms. The van der Waals surface area contributed by atoms with E-state index in [1.54, 1.807) is 5.32 Å². The van der Waals surface area contributed by atoms with Crippen LogP contribution in [0.4, 0.5) is 26.3 Å². The van der Waals surface area contributed by atoms with Crippen LogP contribution in [0.25, 0.3) is 0 Å². The molecule has 1 aliphatic heterocycles. The molecule has 2 bridgehead atoms. The summed E-state index contributed by atoms with van der Waals surface area (Å²) in [4.78, 5) is -0.923. The van der Waals surface area contributed by atoms with Gasteiger partial charge in [-0.1, -0.05) is 15.9 Å². The molecule has 1 heterocycles. The smallest absolute Gasteiger partial charge is 0.290 e. The highest BCUT2D eigenvalue weighted by atomic mass is 79.9. The Hall–Kier alpha value is 0.310. The van der Waals surface area contributed by atoms with Crippen LogP contribution in [-0.4, -0.2) is 34.1 Å². The van der Waals surface area contributed by atoms with Gasteiger partial charge in [0.15, 0.2) is 0 Å². The predicted octanol–water partition coefficient (Wildman–Crippen LogP) is 3.21. The second-order valence-electron chi connectivity index (χ2n) is 4.28. The molecular weight excluding hydrogens is 339 g/mol. The zero-order valence-corrected chi connectivity index (χ0v) is 10.4. The van der Waals surface area contributed by atoms with E-state index in [0.717, 1.165) is 0 Å². The molecular formula is C8H7BrClF6N. The molecule has 0 spiro atoms. The second kappa shape index (κ2) is 3.66. The van der Waals surface area contributed by atoms with Gasteiger partial charge in [0.25, 0.3) is 0 Å². The average molecular weight is 346 g/mol. The summed E-state index contributed by atoms with van der Waals surface area (Å²) in [6.45, 7) is 0. The Morgan fingerprint density at radius 1 is 1.12 bits per heavy atom. The molecule has 0 radical (unpaired) electrons. The summed E-state index contributed by atoms with van der Waals surface area (Å²) in [5.74, 6) is -1.63. The monoisotopic (exact) mass is 345 g/mol. The molecule has 0 unspecified atom stereocenters. The van der Waals surface area contributed by atoms with Gasteiger partial charge in [0.2, 0.25) is 5.54 Å². The number of piperidine rings is 1. The molecule has 1 saturated heterocycles. The SMILES string of the molecule is FC(F)(F)C1(C(F)(F)F)N[C@H]2[C@H](Br)[C@H]1C[C@H]2Cl. The molecule has 0 amide bonds. The third-order valence-electron chi connectivity index (χ3n) is 3.44. The lowest BCUT2D eigenvalue weighted by Gasteiger charge is -2.41. The molecule has 4 atom stereocenters. The molecule has 0 aromatic heterocycles. The topological polar surface area (TPSA) is 12.0 Å². The van der Waals surface area contributed by atoms with Crippen molar-refractivity contribution in [1.29, 1.82) is 0 Å². The number of alkyl halides is 8. The van der Waals surface area contributed by atoms with Crippen molar-refractivity contribution in [1.82, 2.24) is 5.32 Å². The quantitative estimate of drug-likeness (QED) is 0.525. The van der Waals surface area contributed by atoms with E-state index < -0.39 is 40.1 Å². The Labute approximate surface area is 106 Å². The standard InChI is InChI=1S/C8H7BrClF6N/c9-4-2-1-3(10)5(4)17-6(2,7(11,12)13)8(14,15)16/h2-5,17H,1H2/t2-,3-,4-,5-/m1/s1. The van der Waals surface area contributed by atoms with Crippen LogP contribution < -0.4 is 5.32 Å². The van der Waals surface area contributed by atoms with Crippen LogP contribution in [0.2, 0.25) is 0 Å². The second-order valence-corrected chi connectivity index (χ2v) is 5.89. The fourth-order valence-corrected chi connectivity index (χ4v) is 4.37. The van der Waals surface area contributed by atoms with E-state index >= 15 is 0 Å². The van der Waals surface area contributed by atoms with Crippen molar-refractivity contribution in [2.24, 2.45) is 5.92 Å². The van der Waals surface area contributed by atoms with Gasteiger partial charge in [0.05, 0.1) is 5.38 Å². The maximum atomic E-state index is 12.8. The van der Waals surface area contributed by atoms with E-state index in [1.165, 1.54) is 0 Å². The van der Waals surface area contributed by atoms with Crippen molar-refractivity contribution < 1.29 is 26.3 Å². The summed E-state index contributed by atoms with van der Waals surface area (Å²) >= 11 is 8.59. The Balaban J connectivity index is 2.48. The minimum atomic E-state index is -5.40. The maximum absolute atomic E-state index is 12.8. The number of rotatable bonds is 0. The molecule has 1 nitrogen and oxygen atoms in total. The molecule has 100 valence electrons. The minimum absolute atomic E-state index is 0.311. The molecule has 2 rings (SSSR count). The number of hydrogen-bond donors (Lipinski definition) is 1. The highest BCUT2D eigenvalue weighted by Gasteiger charge is 2.81. The predicted molar refractivity (Wildman–Crippen MR) is 52.2 cm³/mol. The van der Waals surface area contributed by atoms with Crippen LogP contribution in [0.3, 0.4) is 0 Å². The first-order chi connectivity index (χ1) is 7.52. The fourth-order valence-electron chi connectivity index (χ4n) is 2.67. The Bertz CT molecular complexity index is 315. The van der Waals surface area contributed by atoms with Gasteiger partial charge in [-0.3, -0.25) is 5.32 Å². The van der Waals surface area contributed by atoms with E-state index in [0.29, 0.717) is 0 Å². The lowest BCUT2D eigenvalue weighted by atomic mass is 9.82. The van der Waals surface area contributed by atoms with Crippen LogP contribution in [0, 0.1) is 5.92 Å². The lowest BCUT2D eigenvalue weighted by Crippen LogP contribution is -2.70. The van der Waals surface area contributed by atoms with Crippen molar-refractivity contribution in [2.75, 3.05) is 0 Å². The first-order valence-corrected chi connectivity index (χ1v) is 6.07. The molecule has 2 fully saturated rings. The van der Waals surface area contributed by atoms with E-state index in [4.69, 9.17) is 11.6 Å². The molecule has 0 aromatic carbocycles. The number of nitrogens with one attached hydrogen (secondary N) is 1. The van der Waals surface area contributed by atoms with Gasteiger partial charge in [0, 0.05) is 16.8 Å². The first kappa shape index (κ1) is 13.7. The third-order valence-corrected chi connectivity index (χ3v) is 5.10. The molecule has 0 aromatic rings. The van der Waals surface area contributed by atoms with Gasteiger partial charge in [0.1, 0.15) is 0 Å². The zero-order valence-electron chi connectivity index (χ0n) is 8.04. The number of fused-ring (bicyclic) bond motifs is 2. The van der Waals surface area contributed by atoms with Gasteiger partial charge in [-0.25, -0.2) is 0 Å². The molecule has 1 aliphatic carbocycles. The van der Waals surface area contributed by atoms with Gasteiger partial charge < -0.3 is 0 Å². The summed E-state index contributed by atoms with van der Waals surface area (Å²) < 4.78 is 76.9. The first-order valence-electron chi connectivity index (χ1n) is 4.71. The van der Waals surface area contributed by atoms with E-state index in [9.17, 15) is 26.3 Å². The highest BCUT2D eigenvalue weighted by molar-refractivity contribution is 9.09. The van der Waals surface area contributed by atoms with Crippen molar-refractivity contribution in [3.8, 4) is 0 Å². The van der Waals surface area contributed by atoms with Gasteiger partial charge in [-0.2, -0.15) is 26.3 Å². The van der Waals surface area contributed by atoms with Crippen molar-refractivity contribution in [3.63, 3.8) is 0 Å². The van der Waals surface area contributed by atoms with Crippen LogP contribution >= 0.6 is 27.5 Å². The molecule has 17 heavy (non-hydrogen) atoms. The third kappa shape index (κ3) is 1.63. The Morgan fingerprint density at radius 3 is 1.82 bits per heavy atom. The summed E-state index contributed by atoms with van der Waals surface area (Å²) in [5, 5.41) is 0.934. The van der Waals surface area contributed by atoms with Crippen LogP contribution in [0.1, 0.15) is 6.42 Å². The van der Waals surface area contributed by atoms with Gasteiger partial charge in [-0.15, -0.1) is 11.6 Å². The van der Waals surface area contributed by atoms with Crippen molar-refractivity contribution in [2.45, 2.75) is 40.6 Å². The van der Waals surface area contributed by atoms with E-state index in [-0.39, 0.29) is 6.42 Å². The Kier molecular flexibility index (Phi) is 2.96. The normalized spacial score (nSPS) is 40.9. The molecule has 2 aliphatic rings. The van der Waals surface area contributed by atoms with Crippen LogP contribution in [0.5, 0.6) is 0 Å². The summed E-state index contributed by atoms with van der Waals surface area (Å²) in [6, 6.07) is -1.02. The van der Waals surface area contributed by atoms with Crippen molar-refractivity contribution >= 4 is 27.5 Å². The zero-order chi connectivity index (χ0) is 13.2. The summed E-state index contributed by atoms with van der Waals surface area (Å²) in [6.07, 6.45) is -11.1. The largest absolute Gasteiger partial charge is 0.415 e. The summed E-state index contributed by atoms with van der Waals surface area (Å²) in [5.41, 5.74) is -3.84. The van der Waals surface area contributed by atoms with Crippen LogP contribution in [-0.2, 0) is 0 Å². The van der Waals surface area contributed by atoms with Crippen molar-refractivity contribution in [3.05, 3.63) is 0 Å². The van der Waals surface area contributed by atoms with Crippen LogP contribution in [0.15, 0.2) is 0 Å². The van der Waals surface area contributed by atoms with E-state index in [1.807, 2.05) is 0 Å². The molecule has 1 saturated carbocycles. The minimum Gasteiger partial charge on any atom is -0.290 e. The lowest BCUT2D eigenvalue weighted by molar-refractivity contribution is -0.318. The number of halogens is 8. The van der Waals surface area contributed by atoms with Gasteiger partial charge in [-0.05, 0) is 6.42 Å². The highest BCUT2D eigenvalue weighted by Crippen LogP contribution is 2.59. The molecule has 1 N–H and O–H groups in total. The van der Waals surface area contributed by atoms with Gasteiger partial charge >= 0.3 is 12.4 Å². The van der Waals surface area contributed by atoms with E-state index in [2.05, 4.69) is 15.9 Å². The summed E-state index contributed by atoms with van der Waals surface area (Å²) in [7, 11) is 0. The maximum Gasteiger partial charge on any atom is 0.415 e. The Morgan fingerprint density at radius 2 is 1.59 bits per heavy atom. The number of hydrogen-bond acceptors (Lipinski definition) is 1. The average Bonchev–Trinajstić information content (AvgIpc) is 2.53.